The van der Waals surface area contributed by atoms with Crippen LogP contribution in [0.2, 0.25) is 0 Å². The molecule has 2 rings (SSSR count). The summed E-state index contributed by atoms with van der Waals surface area (Å²) in [6, 6.07) is 7.16. The molecular weight excluding hydrogens is 224 g/mol. The van der Waals surface area contributed by atoms with Gasteiger partial charge in [0.1, 0.15) is 0 Å². The van der Waals surface area contributed by atoms with E-state index in [-0.39, 0.29) is 16.7 Å². The van der Waals surface area contributed by atoms with E-state index in [0.29, 0.717) is 5.69 Å². The molecule has 1 aliphatic heterocycles. The van der Waals surface area contributed by atoms with Crippen molar-refractivity contribution in [2.75, 3.05) is 18.8 Å². The summed E-state index contributed by atoms with van der Waals surface area (Å²) in [6.45, 7) is 10.5. The number of rotatable bonds is 1. The highest BCUT2D eigenvalue weighted by Gasteiger charge is 2.46. The molecule has 1 heterocycles. The van der Waals surface area contributed by atoms with Gasteiger partial charge >= 0.3 is 0 Å². The number of anilines is 1. The van der Waals surface area contributed by atoms with Gasteiger partial charge in [-0.1, -0.05) is 27.7 Å². The van der Waals surface area contributed by atoms with E-state index in [1.54, 1.807) is 24.3 Å². The second kappa shape index (κ2) is 4.01. The number of benzene rings is 1. The summed E-state index contributed by atoms with van der Waals surface area (Å²) >= 11 is 0. The predicted molar refractivity (Wildman–Crippen MR) is 74.3 cm³/mol. The number of nitrogens with zero attached hydrogens (tertiary/aromatic N) is 1. The number of nitrogen functional groups attached to an aromatic ring is 1. The highest BCUT2D eigenvalue weighted by Crippen LogP contribution is 2.45. The van der Waals surface area contributed by atoms with E-state index in [4.69, 9.17) is 5.73 Å². The standard InChI is InChI=1S/C15H22N2O/c1-14(2)9-17(10-15(14,3)4)13(18)11-5-7-12(16)8-6-11/h5-8H,9-10,16H2,1-4H3. The predicted octanol–water partition coefficient (Wildman–Crippen LogP) is 2.78. The molecule has 0 radical (unpaired) electrons. The first-order valence-corrected chi connectivity index (χ1v) is 6.38. The van der Waals surface area contributed by atoms with Crippen LogP contribution < -0.4 is 5.73 Å². The lowest BCUT2D eigenvalue weighted by molar-refractivity contribution is 0.0775. The molecule has 0 atom stereocenters. The lowest BCUT2D eigenvalue weighted by atomic mass is 9.71. The van der Waals surface area contributed by atoms with E-state index in [2.05, 4.69) is 27.7 Å². The number of carbonyl (C=O) groups excluding carboxylic acids is 1. The molecule has 0 spiro atoms. The zero-order chi connectivity index (χ0) is 13.6. The van der Waals surface area contributed by atoms with E-state index in [0.717, 1.165) is 18.7 Å². The molecule has 1 aromatic carbocycles. The van der Waals surface area contributed by atoms with Gasteiger partial charge in [-0.15, -0.1) is 0 Å². The second-order valence-corrected chi connectivity index (χ2v) is 6.55. The maximum absolute atomic E-state index is 12.4. The number of hydrogen-bond donors (Lipinski definition) is 1. The lowest BCUT2D eigenvalue weighted by Crippen LogP contribution is -2.30. The molecule has 3 nitrogen and oxygen atoms in total. The van der Waals surface area contributed by atoms with Gasteiger partial charge in [0, 0.05) is 24.3 Å². The Morgan fingerprint density at radius 2 is 1.50 bits per heavy atom. The molecule has 18 heavy (non-hydrogen) atoms. The van der Waals surface area contributed by atoms with Gasteiger partial charge in [0.25, 0.3) is 5.91 Å². The van der Waals surface area contributed by atoms with Crippen LogP contribution in [-0.2, 0) is 0 Å². The maximum atomic E-state index is 12.4. The smallest absolute Gasteiger partial charge is 0.253 e. The Hall–Kier alpha value is -1.51. The highest BCUT2D eigenvalue weighted by atomic mass is 16.2. The minimum Gasteiger partial charge on any atom is -0.399 e. The van der Waals surface area contributed by atoms with Gasteiger partial charge in [-0.3, -0.25) is 4.79 Å². The van der Waals surface area contributed by atoms with Crippen molar-refractivity contribution in [3.8, 4) is 0 Å². The Labute approximate surface area is 109 Å². The molecule has 0 aliphatic carbocycles. The molecule has 2 N–H and O–H groups in total. The number of hydrogen-bond acceptors (Lipinski definition) is 2. The summed E-state index contributed by atoms with van der Waals surface area (Å²) in [5.41, 5.74) is 7.35. The van der Waals surface area contributed by atoms with Crippen LogP contribution in [0.1, 0.15) is 38.1 Å². The summed E-state index contributed by atoms with van der Waals surface area (Å²) in [6.07, 6.45) is 0. The van der Waals surface area contributed by atoms with Crippen molar-refractivity contribution in [2.45, 2.75) is 27.7 Å². The van der Waals surface area contributed by atoms with Crippen molar-refractivity contribution in [3.05, 3.63) is 29.8 Å². The second-order valence-electron chi connectivity index (χ2n) is 6.55. The quantitative estimate of drug-likeness (QED) is 0.774. The van der Waals surface area contributed by atoms with E-state index in [9.17, 15) is 4.79 Å². The molecule has 1 amide bonds. The largest absolute Gasteiger partial charge is 0.399 e. The van der Waals surface area contributed by atoms with Crippen LogP contribution >= 0.6 is 0 Å². The van der Waals surface area contributed by atoms with E-state index >= 15 is 0 Å². The summed E-state index contributed by atoms with van der Waals surface area (Å²) in [5.74, 6) is 0.105. The third kappa shape index (κ3) is 2.09. The molecule has 3 heteroatoms. The Bertz CT molecular complexity index is 444. The first-order chi connectivity index (χ1) is 8.23. The molecule has 1 aliphatic rings. The normalized spacial score (nSPS) is 21.0. The Balaban J connectivity index is 2.20. The average molecular weight is 246 g/mol. The van der Waals surface area contributed by atoms with Crippen LogP contribution in [0.25, 0.3) is 0 Å². The van der Waals surface area contributed by atoms with E-state index in [1.165, 1.54) is 0 Å². The molecule has 1 saturated heterocycles. The summed E-state index contributed by atoms with van der Waals surface area (Å²) in [5, 5.41) is 0. The van der Waals surface area contributed by atoms with Crippen LogP contribution in [-0.4, -0.2) is 23.9 Å². The topological polar surface area (TPSA) is 46.3 Å². The molecule has 1 aromatic rings. The van der Waals surface area contributed by atoms with Crippen LogP contribution in [0.5, 0.6) is 0 Å². The SMILES string of the molecule is CC1(C)CN(C(=O)c2ccc(N)cc2)CC1(C)C. The van der Waals surface area contributed by atoms with Crippen LogP contribution in [0.3, 0.4) is 0 Å². The van der Waals surface area contributed by atoms with Crippen molar-refractivity contribution in [2.24, 2.45) is 10.8 Å². The van der Waals surface area contributed by atoms with Crippen LogP contribution in [0.4, 0.5) is 5.69 Å². The minimum absolute atomic E-state index is 0.105. The van der Waals surface area contributed by atoms with Gasteiger partial charge in [0.15, 0.2) is 0 Å². The highest BCUT2D eigenvalue weighted by molar-refractivity contribution is 5.94. The van der Waals surface area contributed by atoms with Crippen molar-refractivity contribution in [1.82, 2.24) is 4.90 Å². The maximum Gasteiger partial charge on any atom is 0.253 e. The first kappa shape index (κ1) is 12.9. The van der Waals surface area contributed by atoms with Gasteiger partial charge in [0.05, 0.1) is 0 Å². The molecule has 0 aromatic heterocycles. The number of carbonyl (C=O) groups is 1. The van der Waals surface area contributed by atoms with Crippen molar-refractivity contribution < 1.29 is 4.79 Å². The fourth-order valence-electron chi connectivity index (χ4n) is 2.39. The van der Waals surface area contributed by atoms with Crippen LogP contribution in [0.15, 0.2) is 24.3 Å². The van der Waals surface area contributed by atoms with Crippen molar-refractivity contribution >= 4 is 11.6 Å². The summed E-state index contributed by atoms with van der Waals surface area (Å²) in [7, 11) is 0. The Kier molecular flexibility index (Phi) is 2.88. The van der Waals surface area contributed by atoms with Gasteiger partial charge in [-0.25, -0.2) is 0 Å². The molecule has 0 saturated carbocycles. The summed E-state index contributed by atoms with van der Waals surface area (Å²) in [4.78, 5) is 14.4. The fraction of sp³-hybridized carbons (Fsp3) is 0.533. The van der Waals surface area contributed by atoms with E-state index in [1.807, 2.05) is 4.90 Å². The number of amides is 1. The first-order valence-electron chi connectivity index (χ1n) is 6.38. The molecule has 0 bridgehead atoms. The van der Waals surface area contributed by atoms with Crippen molar-refractivity contribution in [3.63, 3.8) is 0 Å². The zero-order valence-electron chi connectivity index (χ0n) is 11.7. The minimum atomic E-state index is 0.105. The molecule has 1 fully saturated rings. The van der Waals surface area contributed by atoms with Crippen molar-refractivity contribution in [1.29, 1.82) is 0 Å². The fourth-order valence-corrected chi connectivity index (χ4v) is 2.39. The third-order valence-electron chi connectivity index (χ3n) is 4.45. The van der Waals surface area contributed by atoms with Gasteiger partial charge in [-0.05, 0) is 35.1 Å². The molecule has 0 unspecified atom stereocenters. The van der Waals surface area contributed by atoms with Gasteiger partial charge in [-0.2, -0.15) is 0 Å². The summed E-state index contributed by atoms with van der Waals surface area (Å²) < 4.78 is 0. The lowest BCUT2D eigenvalue weighted by Gasteiger charge is -2.32. The Morgan fingerprint density at radius 1 is 1.06 bits per heavy atom. The Morgan fingerprint density at radius 3 is 1.94 bits per heavy atom. The number of likely N-dealkylation sites (tertiary alicyclic amines) is 1. The monoisotopic (exact) mass is 246 g/mol. The molecule has 98 valence electrons. The van der Waals surface area contributed by atoms with Gasteiger partial charge in [0.2, 0.25) is 0 Å². The average Bonchev–Trinajstić information content (AvgIpc) is 2.48. The third-order valence-corrected chi connectivity index (χ3v) is 4.45. The van der Waals surface area contributed by atoms with E-state index < -0.39 is 0 Å². The number of nitrogens with two attached hydrogens (primary N) is 1. The zero-order valence-corrected chi connectivity index (χ0v) is 11.7. The molecular formula is C15H22N2O. The van der Waals surface area contributed by atoms with Crippen LogP contribution in [0, 0.1) is 10.8 Å². The van der Waals surface area contributed by atoms with Gasteiger partial charge < -0.3 is 10.6 Å².